The highest BCUT2D eigenvalue weighted by Crippen LogP contribution is 2.59. The lowest BCUT2D eigenvalue weighted by molar-refractivity contribution is -0.137. The maximum Gasteiger partial charge on any atom is 0.419 e. The molecule has 7 heteroatoms. The monoisotopic (exact) mass is 350 g/mol. The van der Waals surface area contributed by atoms with Crippen molar-refractivity contribution in [3.8, 4) is 11.3 Å². The van der Waals surface area contributed by atoms with E-state index in [9.17, 15) is 13.2 Å². The number of hydrogen-bond acceptors (Lipinski definition) is 3. The lowest BCUT2D eigenvalue weighted by atomic mass is 9.70. The predicted molar refractivity (Wildman–Crippen MR) is 88.8 cm³/mol. The molecule has 3 aliphatic rings. The fourth-order valence-corrected chi connectivity index (χ4v) is 4.43. The number of pyridine rings is 1. The average molecular weight is 350 g/mol. The molecule has 0 radical (unpaired) electrons. The van der Waals surface area contributed by atoms with Crippen LogP contribution < -0.4 is 5.73 Å². The first-order chi connectivity index (χ1) is 11.8. The van der Waals surface area contributed by atoms with Crippen molar-refractivity contribution in [3.63, 3.8) is 0 Å². The molecule has 0 saturated heterocycles. The number of aromatic nitrogens is 3. The molecule has 0 aromatic carbocycles. The summed E-state index contributed by atoms with van der Waals surface area (Å²) in [5.41, 5.74) is 6.53. The Morgan fingerprint density at radius 2 is 1.88 bits per heavy atom. The summed E-state index contributed by atoms with van der Waals surface area (Å²) in [5.74, 6) is 1.38. The van der Waals surface area contributed by atoms with Gasteiger partial charge in [0.25, 0.3) is 0 Å². The van der Waals surface area contributed by atoms with Crippen LogP contribution >= 0.6 is 0 Å². The lowest BCUT2D eigenvalue weighted by Crippen LogP contribution is -2.28. The zero-order valence-electron chi connectivity index (χ0n) is 14.2. The van der Waals surface area contributed by atoms with Crippen molar-refractivity contribution >= 4 is 5.82 Å². The molecule has 2 aromatic rings. The fourth-order valence-electron chi connectivity index (χ4n) is 4.43. The Labute approximate surface area is 144 Å². The molecule has 25 heavy (non-hydrogen) atoms. The van der Waals surface area contributed by atoms with Crippen LogP contribution in [0.1, 0.15) is 56.3 Å². The van der Waals surface area contributed by atoms with Crippen LogP contribution in [0.25, 0.3) is 11.3 Å². The van der Waals surface area contributed by atoms with E-state index in [-0.39, 0.29) is 6.04 Å². The molecule has 134 valence electrons. The van der Waals surface area contributed by atoms with Crippen LogP contribution in [0.4, 0.5) is 19.0 Å². The first-order valence-corrected chi connectivity index (χ1v) is 8.68. The highest BCUT2D eigenvalue weighted by Gasteiger charge is 2.49. The van der Waals surface area contributed by atoms with Gasteiger partial charge in [-0.1, -0.05) is 0 Å². The minimum absolute atomic E-state index is 0.160. The Morgan fingerprint density at radius 3 is 2.44 bits per heavy atom. The third-order valence-corrected chi connectivity index (χ3v) is 5.64. The zero-order chi connectivity index (χ0) is 17.9. The number of anilines is 1. The summed E-state index contributed by atoms with van der Waals surface area (Å²) in [4.78, 5) is 3.74. The molecule has 0 aliphatic heterocycles. The first kappa shape index (κ1) is 16.4. The molecular weight excluding hydrogens is 329 g/mol. The molecule has 4 nitrogen and oxygen atoms in total. The second kappa shape index (κ2) is 5.47. The van der Waals surface area contributed by atoms with E-state index in [1.165, 1.54) is 25.5 Å². The minimum Gasteiger partial charge on any atom is -0.383 e. The summed E-state index contributed by atoms with van der Waals surface area (Å²) in [6.45, 7) is 4.09. The molecule has 0 spiro atoms. The Morgan fingerprint density at radius 1 is 1.20 bits per heavy atom. The molecular formula is C18H21F3N4. The number of halogens is 3. The Balaban J connectivity index is 1.77. The summed E-state index contributed by atoms with van der Waals surface area (Å²) in [6, 6.07) is 3.16. The van der Waals surface area contributed by atoms with E-state index in [4.69, 9.17) is 5.73 Å². The van der Waals surface area contributed by atoms with Crippen LogP contribution in [0.2, 0.25) is 0 Å². The maximum absolute atomic E-state index is 13.1. The van der Waals surface area contributed by atoms with E-state index in [1.54, 1.807) is 0 Å². The van der Waals surface area contributed by atoms with E-state index >= 15 is 0 Å². The third-order valence-electron chi connectivity index (χ3n) is 5.64. The molecule has 2 aromatic heterocycles. The highest BCUT2D eigenvalue weighted by molar-refractivity contribution is 5.63. The van der Waals surface area contributed by atoms with Gasteiger partial charge in [-0.2, -0.15) is 18.3 Å². The molecule has 3 atom stereocenters. The van der Waals surface area contributed by atoms with Crippen LogP contribution in [0, 0.1) is 11.8 Å². The summed E-state index contributed by atoms with van der Waals surface area (Å²) < 4.78 is 41.3. The summed E-state index contributed by atoms with van der Waals surface area (Å²) in [5, 5.41) is 4.60. The van der Waals surface area contributed by atoms with Crippen molar-refractivity contribution < 1.29 is 13.2 Å². The van der Waals surface area contributed by atoms with Gasteiger partial charge in [-0.15, -0.1) is 0 Å². The number of rotatable bonds is 3. The number of hydrogen-bond donors (Lipinski definition) is 1. The maximum atomic E-state index is 13.1. The standard InChI is InChI=1S/C18H21F3N4/c1-9(2)25-15(16-10-3-4-11(16)5-10)7-14(24-25)12-6-13(18(19,20)21)17(22)23-8-12/h6-11,16H,3-5H2,1-2H3,(H2,22,23)/t10-,11?,16+/m1/s1. The predicted octanol–water partition coefficient (Wildman–Crippen LogP) is 4.64. The number of alkyl halides is 3. The van der Waals surface area contributed by atoms with Crippen LogP contribution in [0.3, 0.4) is 0 Å². The van der Waals surface area contributed by atoms with Crippen molar-refractivity contribution in [2.75, 3.05) is 5.73 Å². The third kappa shape index (κ3) is 2.60. The van der Waals surface area contributed by atoms with E-state index in [0.29, 0.717) is 29.0 Å². The van der Waals surface area contributed by atoms with E-state index in [0.717, 1.165) is 11.8 Å². The second-order valence-corrected chi connectivity index (χ2v) is 7.51. The van der Waals surface area contributed by atoms with Gasteiger partial charge < -0.3 is 5.73 Å². The van der Waals surface area contributed by atoms with Crippen molar-refractivity contribution in [2.24, 2.45) is 11.8 Å². The van der Waals surface area contributed by atoms with Crippen molar-refractivity contribution in [1.82, 2.24) is 14.8 Å². The van der Waals surface area contributed by atoms with Gasteiger partial charge in [0.2, 0.25) is 0 Å². The molecule has 1 unspecified atom stereocenters. The Kier molecular flexibility index (Phi) is 3.60. The van der Waals surface area contributed by atoms with Gasteiger partial charge in [-0.05, 0) is 57.1 Å². The molecule has 3 aliphatic carbocycles. The van der Waals surface area contributed by atoms with Gasteiger partial charge in [0, 0.05) is 29.4 Å². The first-order valence-electron chi connectivity index (χ1n) is 8.68. The van der Waals surface area contributed by atoms with Gasteiger partial charge in [0.15, 0.2) is 0 Å². The van der Waals surface area contributed by atoms with Gasteiger partial charge in [0.05, 0.1) is 11.3 Å². The SMILES string of the molecule is CC(C)n1nc(-c2cnc(N)c(C(F)(F)F)c2)cc1[C@@H]1C2CC[C@@H]1C2. The van der Waals surface area contributed by atoms with Crippen molar-refractivity contribution in [1.29, 1.82) is 0 Å². The van der Waals surface area contributed by atoms with Crippen LogP contribution in [0.5, 0.6) is 0 Å². The molecule has 2 heterocycles. The molecule has 5 rings (SSSR count). The molecule has 2 bridgehead atoms. The van der Waals surface area contributed by atoms with E-state index in [2.05, 4.69) is 10.1 Å². The van der Waals surface area contributed by atoms with Gasteiger partial charge in [0.1, 0.15) is 5.82 Å². The smallest absolute Gasteiger partial charge is 0.383 e. The van der Waals surface area contributed by atoms with Crippen molar-refractivity contribution in [3.05, 3.63) is 29.6 Å². The molecule has 2 N–H and O–H groups in total. The Hall–Kier alpha value is -2.05. The van der Waals surface area contributed by atoms with E-state index in [1.807, 2.05) is 24.6 Å². The number of nitrogens with two attached hydrogens (primary N) is 1. The molecule has 3 saturated carbocycles. The van der Waals surface area contributed by atoms with Gasteiger partial charge in [-0.3, -0.25) is 4.68 Å². The van der Waals surface area contributed by atoms with Crippen LogP contribution in [-0.4, -0.2) is 14.8 Å². The fraction of sp³-hybridized carbons (Fsp3) is 0.556. The van der Waals surface area contributed by atoms with Crippen LogP contribution in [-0.2, 0) is 6.18 Å². The van der Waals surface area contributed by atoms with E-state index < -0.39 is 17.6 Å². The molecule has 3 fully saturated rings. The molecule has 0 amide bonds. The second-order valence-electron chi connectivity index (χ2n) is 7.51. The lowest BCUT2D eigenvalue weighted by Gasteiger charge is -2.36. The number of fused-ring (bicyclic) bond motifs is 1. The normalized spacial score (nSPS) is 25.4. The van der Waals surface area contributed by atoms with Gasteiger partial charge in [-0.25, -0.2) is 4.98 Å². The van der Waals surface area contributed by atoms with Gasteiger partial charge >= 0.3 is 6.18 Å². The highest BCUT2D eigenvalue weighted by atomic mass is 19.4. The topological polar surface area (TPSA) is 56.7 Å². The van der Waals surface area contributed by atoms with Crippen LogP contribution in [0.15, 0.2) is 18.3 Å². The summed E-state index contributed by atoms with van der Waals surface area (Å²) >= 11 is 0. The number of nitrogen functional groups attached to an aromatic ring is 1. The number of nitrogens with zero attached hydrogens (tertiary/aromatic N) is 3. The van der Waals surface area contributed by atoms with Crippen molar-refractivity contribution in [2.45, 2.75) is 51.2 Å². The Bertz CT molecular complexity index is 795. The largest absolute Gasteiger partial charge is 0.419 e. The zero-order valence-corrected chi connectivity index (χ0v) is 14.2. The average Bonchev–Trinajstić information content (AvgIpc) is 3.21. The minimum atomic E-state index is -4.52. The summed E-state index contributed by atoms with van der Waals surface area (Å²) in [7, 11) is 0. The quantitative estimate of drug-likeness (QED) is 0.877. The summed E-state index contributed by atoms with van der Waals surface area (Å²) in [6.07, 6.45) is 0.608.